The van der Waals surface area contributed by atoms with Crippen molar-refractivity contribution in [3.63, 3.8) is 0 Å². The number of hydrogen-bond donors (Lipinski definition) is 2. The quantitative estimate of drug-likeness (QED) is 0.152. The molecule has 0 saturated heterocycles. The van der Waals surface area contributed by atoms with Crippen LogP contribution < -0.4 is 20.1 Å². The summed E-state index contributed by atoms with van der Waals surface area (Å²) in [5, 5.41) is 7.51. The van der Waals surface area contributed by atoms with Crippen molar-refractivity contribution in [3.8, 4) is 34.0 Å². The Balaban J connectivity index is 1.15. The maximum Gasteiger partial charge on any atom is 0.256 e. The lowest BCUT2D eigenvalue weighted by Gasteiger charge is -2.13. The molecule has 8 nitrogen and oxygen atoms in total. The van der Waals surface area contributed by atoms with Gasteiger partial charge in [0, 0.05) is 33.3 Å². The van der Waals surface area contributed by atoms with Gasteiger partial charge in [-0.2, -0.15) is 0 Å². The number of rotatable bonds is 10. The van der Waals surface area contributed by atoms with E-state index in [1.165, 1.54) is 0 Å². The topological polar surface area (TPSA) is 102 Å². The molecule has 0 aliphatic carbocycles. The largest absolute Gasteiger partial charge is 0.494 e. The predicted octanol–water partition coefficient (Wildman–Crippen LogP) is 9.42. The van der Waals surface area contributed by atoms with Crippen LogP contribution in [0, 0.1) is 0 Å². The van der Waals surface area contributed by atoms with Crippen LogP contribution in [-0.2, 0) is 0 Å². The Labute approximate surface area is 289 Å². The number of nitrogens with zero attached hydrogens (tertiary/aromatic N) is 2. The molecule has 0 fully saturated rings. The second-order valence-electron chi connectivity index (χ2n) is 11.5. The molecule has 50 heavy (non-hydrogen) atoms. The Bertz CT molecular complexity index is 2180. The highest BCUT2D eigenvalue weighted by Gasteiger charge is 2.17. The van der Waals surface area contributed by atoms with E-state index in [1.807, 2.05) is 111 Å². The van der Waals surface area contributed by atoms with Gasteiger partial charge in [-0.25, -0.2) is 9.97 Å². The minimum Gasteiger partial charge on any atom is -0.494 e. The van der Waals surface area contributed by atoms with Crippen LogP contribution in [0.5, 0.6) is 11.5 Å². The maximum absolute atomic E-state index is 13.8. The smallest absolute Gasteiger partial charge is 0.256 e. The highest BCUT2D eigenvalue weighted by atomic mass is 16.5. The van der Waals surface area contributed by atoms with Gasteiger partial charge < -0.3 is 20.1 Å². The third-order valence-electron chi connectivity index (χ3n) is 8.22. The highest BCUT2D eigenvalue weighted by Crippen LogP contribution is 2.29. The number of benzene rings is 5. The van der Waals surface area contributed by atoms with Crippen LogP contribution in [0.1, 0.15) is 34.6 Å². The van der Waals surface area contributed by atoms with Gasteiger partial charge in [0.2, 0.25) is 0 Å². The molecule has 0 radical (unpaired) electrons. The molecule has 246 valence electrons. The van der Waals surface area contributed by atoms with Gasteiger partial charge in [0.25, 0.3) is 11.8 Å². The molecule has 2 amide bonds. The van der Waals surface area contributed by atoms with Crippen molar-refractivity contribution in [2.24, 2.45) is 0 Å². The molecule has 7 rings (SSSR count). The molecule has 0 bridgehead atoms. The van der Waals surface area contributed by atoms with Gasteiger partial charge >= 0.3 is 0 Å². The van der Waals surface area contributed by atoms with Gasteiger partial charge in [0.1, 0.15) is 11.5 Å². The number of aromatic nitrogens is 2. The average Bonchev–Trinajstić information content (AvgIpc) is 3.15. The molecule has 0 spiro atoms. The zero-order valence-corrected chi connectivity index (χ0v) is 27.6. The van der Waals surface area contributed by atoms with Crippen LogP contribution in [0.15, 0.2) is 133 Å². The van der Waals surface area contributed by atoms with Crippen molar-refractivity contribution >= 4 is 45.0 Å². The Morgan fingerprint density at radius 1 is 0.520 bits per heavy atom. The fourth-order valence-corrected chi connectivity index (χ4v) is 5.87. The number of para-hydroxylation sites is 2. The van der Waals surface area contributed by atoms with Crippen molar-refractivity contribution < 1.29 is 19.1 Å². The minimum atomic E-state index is -0.292. The minimum absolute atomic E-state index is 0.292. The van der Waals surface area contributed by atoms with E-state index in [4.69, 9.17) is 19.4 Å². The molecular formula is C42H34N4O4. The first-order chi connectivity index (χ1) is 24.5. The van der Waals surface area contributed by atoms with Crippen LogP contribution in [0.2, 0.25) is 0 Å². The molecular weight excluding hydrogens is 624 g/mol. The highest BCUT2D eigenvalue weighted by molar-refractivity contribution is 6.15. The van der Waals surface area contributed by atoms with E-state index in [9.17, 15) is 9.59 Å². The molecule has 0 atom stereocenters. The lowest BCUT2D eigenvalue weighted by Crippen LogP contribution is -2.15. The van der Waals surface area contributed by atoms with Gasteiger partial charge in [-0.05, 0) is 105 Å². The second kappa shape index (κ2) is 14.3. The molecule has 0 aliphatic rings. The van der Waals surface area contributed by atoms with Gasteiger partial charge in [-0.15, -0.1) is 0 Å². The van der Waals surface area contributed by atoms with E-state index in [-0.39, 0.29) is 11.8 Å². The molecule has 8 heteroatoms. The zero-order chi connectivity index (χ0) is 34.5. The molecule has 2 aromatic heterocycles. The molecule has 2 N–H and O–H groups in total. The third-order valence-corrected chi connectivity index (χ3v) is 8.22. The number of pyridine rings is 2. The lowest BCUT2D eigenvalue weighted by molar-refractivity contribution is 0.102. The molecule has 0 unspecified atom stereocenters. The van der Waals surface area contributed by atoms with Crippen molar-refractivity contribution in [3.05, 3.63) is 145 Å². The fourth-order valence-electron chi connectivity index (χ4n) is 5.87. The number of carbonyl (C=O) groups is 2. The molecule has 7 aromatic rings. The van der Waals surface area contributed by atoms with E-state index in [0.29, 0.717) is 58.1 Å². The first kappa shape index (κ1) is 32.0. The summed E-state index contributed by atoms with van der Waals surface area (Å²) in [6, 6.07) is 41.1. The fraction of sp³-hybridized carbons (Fsp3) is 0.0952. The van der Waals surface area contributed by atoms with Crippen LogP contribution in [0.25, 0.3) is 44.3 Å². The Morgan fingerprint density at radius 3 is 1.36 bits per heavy atom. The Hall–Kier alpha value is -6.54. The standard InChI is InChI=1S/C42H34N4O4/c1-3-49-31-20-16-27(17-21-31)39-25-35(33-12-5-7-14-37(33)45-39)41(47)43-29-10-9-11-30(24-29)44-42(48)36-26-40(46-38-15-8-6-13-34(36)38)28-18-22-32(23-19-28)50-4-2/h5-26H,3-4H2,1-2H3,(H,43,47)(H,44,48). The van der Waals surface area contributed by atoms with Gasteiger partial charge in [0.15, 0.2) is 0 Å². The Morgan fingerprint density at radius 2 is 0.940 bits per heavy atom. The molecule has 5 aromatic carbocycles. The average molecular weight is 659 g/mol. The van der Waals surface area contributed by atoms with Gasteiger partial charge in [-0.3, -0.25) is 9.59 Å². The van der Waals surface area contributed by atoms with E-state index < -0.39 is 0 Å². The number of nitrogens with one attached hydrogen (secondary N) is 2. The summed E-state index contributed by atoms with van der Waals surface area (Å²) in [6.45, 7) is 5.04. The number of ether oxygens (including phenoxy) is 2. The maximum atomic E-state index is 13.8. The van der Waals surface area contributed by atoms with E-state index >= 15 is 0 Å². The Kier molecular flexibility index (Phi) is 9.16. The van der Waals surface area contributed by atoms with Crippen molar-refractivity contribution in [1.82, 2.24) is 9.97 Å². The van der Waals surface area contributed by atoms with Crippen molar-refractivity contribution in [2.75, 3.05) is 23.8 Å². The number of anilines is 2. The molecule has 0 aliphatic heterocycles. The summed E-state index contributed by atoms with van der Waals surface area (Å²) < 4.78 is 11.2. The number of hydrogen-bond acceptors (Lipinski definition) is 6. The van der Waals surface area contributed by atoms with Crippen LogP contribution >= 0.6 is 0 Å². The van der Waals surface area contributed by atoms with Gasteiger partial charge in [0.05, 0.1) is 46.8 Å². The monoisotopic (exact) mass is 658 g/mol. The first-order valence-corrected chi connectivity index (χ1v) is 16.5. The van der Waals surface area contributed by atoms with E-state index in [0.717, 1.165) is 33.4 Å². The normalized spacial score (nSPS) is 10.9. The van der Waals surface area contributed by atoms with Crippen molar-refractivity contribution in [2.45, 2.75) is 13.8 Å². The second-order valence-corrected chi connectivity index (χ2v) is 11.5. The summed E-state index contributed by atoms with van der Waals surface area (Å²) in [5.41, 5.74) is 6.53. The predicted molar refractivity (Wildman–Crippen MR) is 199 cm³/mol. The van der Waals surface area contributed by atoms with Crippen LogP contribution in [0.3, 0.4) is 0 Å². The summed E-state index contributed by atoms with van der Waals surface area (Å²) in [5.74, 6) is 0.957. The van der Waals surface area contributed by atoms with Gasteiger partial charge in [-0.1, -0.05) is 42.5 Å². The lowest BCUT2D eigenvalue weighted by atomic mass is 10.0. The molecule has 0 saturated carbocycles. The van der Waals surface area contributed by atoms with E-state index in [2.05, 4.69) is 10.6 Å². The summed E-state index contributed by atoms with van der Waals surface area (Å²) >= 11 is 0. The summed E-state index contributed by atoms with van der Waals surface area (Å²) in [6.07, 6.45) is 0. The van der Waals surface area contributed by atoms with E-state index in [1.54, 1.807) is 36.4 Å². The molecule has 2 heterocycles. The third kappa shape index (κ3) is 6.86. The summed E-state index contributed by atoms with van der Waals surface area (Å²) in [7, 11) is 0. The summed E-state index contributed by atoms with van der Waals surface area (Å²) in [4.78, 5) is 37.3. The number of fused-ring (bicyclic) bond motifs is 2. The van der Waals surface area contributed by atoms with Crippen LogP contribution in [0.4, 0.5) is 11.4 Å². The number of amides is 2. The van der Waals surface area contributed by atoms with Crippen LogP contribution in [-0.4, -0.2) is 35.0 Å². The van der Waals surface area contributed by atoms with Crippen molar-refractivity contribution in [1.29, 1.82) is 0 Å². The SMILES string of the molecule is CCOc1ccc(-c2cc(C(=O)Nc3cccc(NC(=O)c4cc(-c5ccc(OCC)cc5)nc5ccccc45)c3)c3ccccc3n2)cc1. The first-order valence-electron chi connectivity index (χ1n) is 16.5. The number of carbonyl (C=O) groups excluding carboxylic acids is 2. The zero-order valence-electron chi connectivity index (χ0n) is 27.6.